The molecule has 1 fully saturated rings. The first-order chi connectivity index (χ1) is 13.4. The molecule has 1 aromatic heterocycles. The van der Waals surface area contributed by atoms with Gasteiger partial charge in [-0.05, 0) is 13.0 Å². The van der Waals surface area contributed by atoms with E-state index in [1.165, 1.54) is 19.2 Å². The molecule has 0 aromatic carbocycles. The van der Waals surface area contributed by atoms with Crippen molar-refractivity contribution in [3.05, 3.63) is 27.4 Å². The smallest absolute Gasteiger partial charge is 0.388 e. The number of aromatic nitrogens is 2. The van der Waals surface area contributed by atoms with Gasteiger partial charge in [0.2, 0.25) is 0 Å². The number of phosphoric acid groups is 3. The number of aliphatic hydroxyl groups excluding tert-OH is 1. The van der Waals surface area contributed by atoms with Crippen molar-refractivity contribution in [2.24, 2.45) is 0 Å². The zero-order valence-electron chi connectivity index (χ0n) is 14.7. The molecule has 6 N–H and O–H groups in total. The van der Waals surface area contributed by atoms with Gasteiger partial charge in [-0.15, -0.1) is 11.6 Å². The van der Waals surface area contributed by atoms with E-state index >= 15 is 0 Å². The summed E-state index contributed by atoms with van der Waals surface area (Å²) in [6.07, 6.45) is -3.06. The van der Waals surface area contributed by atoms with Gasteiger partial charge in [0.15, 0.2) is 6.23 Å². The molecule has 1 aliphatic heterocycles. The highest BCUT2D eigenvalue weighted by Gasteiger charge is 2.54. The fourth-order valence-corrected chi connectivity index (χ4v) is 5.91. The van der Waals surface area contributed by atoms with Crippen LogP contribution in [0.4, 0.5) is 0 Å². The molecule has 6 atom stereocenters. The first kappa shape index (κ1) is 26.0. The summed E-state index contributed by atoms with van der Waals surface area (Å²) in [7, 11) is -16.7. The Hall–Kier alpha value is -0.280. The molecule has 1 saturated heterocycles. The van der Waals surface area contributed by atoms with Gasteiger partial charge >= 0.3 is 29.2 Å². The standard InChI is InChI=1S/C10H16ClN2O13P3S/c1-10(11)7(14)5(24-8(10)13-3-2-6(30)12-9(13)15)4-23-28(19,20)26-29(21,22)25-27(16,17)18/h2-3,5,7-8,14H,4H2,1H3,(H,19,20)(H,21,22)(H,12,15,30)(H2,16,17,18)/t5-,7+,8-,10?/m1/s1. The summed E-state index contributed by atoms with van der Waals surface area (Å²) in [6, 6.07) is 1.35. The van der Waals surface area contributed by atoms with Gasteiger partial charge < -0.3 is 29.4 Å². The third-order valence-corrected chi connectivity index (χ3v) is 8.09. The Kier molecular flexibility index (Phi) is 7.73. The van der Waals surface area contributed by atoms with Gasteiger partial charge in [0.1, 0.15) is 21.7 Å². The molecule has 2 rings (SSSR count). The summed E-state index contributed by atoms with van der Waals surface area (Å²) >= 11 is 11.1. The van der Waals surface area contributed by atoms with Crippen LogP contribution in [0.1, 0.15) is 13.2 Å². The van der Waals surface area contributed by atoms with Crippen molar-refractivity contribution < 1.29 is 56.3 Å². The maximum atomic E-state index is 12.1. The number of hydrogen-bond donors (Lipinski definition) is 6. The highest BCUT2D eigenvalue weighted by molar-refractivity contribution is 7.71. The summed E-state index contributed by atoms with van der Waals surface area (Å²) in [5.41, 5.74) is -0.722. The zero-order chi connectivity index (χ0) is 23.1. The third kappa shape index (κ3) is 6.61. The molecular formula is C10H16ClN2O13P3S. The van der Waals surface area contributed by atoms with E-state index in [2.05, 4.69) is 18.1 Å². The van der Waals surface area contributed by atoms with Crippen LogP contribution in [-0.4, -0.2) is 57.9 Å². The van der Waals surface area contributed by atoms with Crippen LogP contribution in [0.5, 0.6) is 0 Å². The molecule has 15 nitrogen and oxygen atoms in total. The molecule has 0 radical (unpaired) electrons. The average molecular weight is 533 g/mol. The molecule has 20 heteroatoms. The quantitative estimate of drug-likeness (QED) is 0.152. The maximum Gasteiger partial charge on any atom is 0.490 e. The molecule has 2 heterocycles. The summed E-state index contributed by atoms with van der Waals surface area (Å²) in [4.78, 5) is 48.3. The van der Waals surface area contributed by atoms with Crippen molar-refractivity contribution in [3.63, 3.8) is 0 Å². The fraction of sp³-hybridized carbons (Fsp3) is 0.600. The normalized spacial score (nSPS) is 31.2. The van der Waals surface area contributed by atoms with Crippen LogP contribution >= 0.6 is 47.3 Å². The Bertz CT molecular complexity index is 1050. The van der Waals surface area contributed by atoms with Crippen LogP contribution in [0.25, 0.3) is 0 Å². The second kappa shape index (κ2) is 8.93. The van der Waals surface area contributed by atoms with E-state index in [0.717, 1.165) is 4.57 Å². The monoisotopic (exact) mass is 532 g/mol. The van der Waals surface area contributed by atoms with E-state index in [1.54, 1.807) is 0 Å². The molecule has 0 aliphatic carbocycles. The van der Waals surface area contributed by atoms with Crippen LogP contribution in [0, 0.1) is 4.64 Å². The molecule has 0 saturated carbocycles. The van der Waals surface area contributed by atoms with Gasteiger partial charge in [-0.25, -0.2) is 18.5 Å². The fourth-order valence-electron chi connectivity index (χ4n) is 2.43. The molecule has 172 valence electrons. The minimum Gasteiger partial charge on any atom is -0.388 e. The van der Waals surface area contributed by atoms with E-state index in [9.17, 15) is 28.5 Å². The number of phosphoric ester groups is 1. The van der Waals surface area contributed by atoms with Crippen LogP contribution in [-0.2, 0) is 31.6 Å². The third-order valence-electron chi connectivity index (χ3n) is 3.64. The van der Waals surface area contributed by atoms with Gasteiger partial charge in [0.05, 0.1) is 6.61 Å². The van der Waals surface area contributed by atoms with Crippen LogP contribution in [0.2, 0.25) is 0 Å². The summed E-state index contributed by atoms with van der Waals surface area (Å²) in [5, 5.41) is 10.3. The van der Waals surface area contributed by atoms with Crippen molar-refractivity contribution in [1.82, 2.24) is 9.55 Å². The Morgan fingerprint density at radius 3 is 2.40 bits per heavy atom. The van der Waals surface area contributed by atoms with Gasteiger partial charge in [-0.2, -0.15) is 8.62 Å². The van der Waals surface area contributed by atoms with Crippen molar-refractivity contribution in [2.75, 3.05) is 6.61 Å². The van der Waals surface area contributed by atoms with E-state index in [1.807, 2.05) is 0 Å². The molecule has 0 spiro atoms. The second-order valence-corrected chi connectivity index (χ2v) is 11.7. The number of halogens is 1. The Morgan fingerprint density at radius 1 is 1.27 bits per heavy atom. The topological polar surface area (TPSA) is 227 Å². The lowest BCUT2D eigenvalue weighted by molar-refractivity contribution is -0.0460. The Balaban J connectivity index is 2.13. The summed E-state index contributed by atoms with van der Waals surface area (Å²) < 4.78 is 51.8. The molecule has 3 unspecified atom stereocenters. The van der Waals surface area contributed by atoms with Gasteiger partial charge in [-0.1, -0.05) is 12.2 Å². The number of nitrogens with zero attached hydrogens (tertiary/aromatic N) is 1. The minimum absolute atomic E-state index is 0.121. The lowest BCUT2D eigenvalue weighted by Crippen LogP contribution is -2.42. The van der Waals surface area contributed by atoms with Crippen molar-refractivity contribution in [1.29, 1.82) is 0 Å². The Morgan fingerprint density at radius 2 is 1.87 bits per heavy atom. The second-order valence-electron chi connectivity index (χ2n) is 6.03. The van der Waals surface area contributed by atoms with Crippen molar-refractivity contribution >= 4 is 47.3 Å². The molecule has 30 heavy (non-hydrogen) atoms. The number of ether oxygens (including phenoxy) is 1. The van der Waals surface area contributed by atoms with E-state index in [0.29, 0.717) is 0 Å². The summed E-state index contributed by atoms with van der Waals surface area (Å²) in [5.74, 6) is 0. The van der Waals surface area contributed by atoms with Crippen molar-refractivity contribution in [3.8, 4) is 0 Å². The first-order valence-corrected chi connectivity index (χ1v) is 12.9. The van der Waals surface area contributed by atoms with Crippen LogP contribution in [0.3, 0.4) is 0 Å². The molecule has 0 amide bonds. The predicted molar refractivity (Wildman–Crippen MR) is 99.9 cm³/mol. The van der Waals surface area contributed by atoms with E-state index in [-0.39, 0.29) is 4.64 Å². The number of hydrogen-bond acceptors (Lipinski definition) is 10. The molecule has 0 bridgehead atoms. The van der Waals surface area contributed by atoms with E-state index < -0.39 is 59.1 Å². The number of nitrogens with one attached hydrogen (secondary N) is 1. The first-order valence-electron chi connectivity index (χ1n) is 7.56. The molecule has 1 aliphatic rings. The molecular weight excluding hydrogens is 517 g/mol. The number of alkyl halides is 1. The van der Waals surface area contributed by atoms with Crippen LogP contribution in [0.15, 0.2) is 17.1 Å². The largest absolute Gasteiger partial charge is 0.490 e. The number of aromatic amines is 1. The Labute approximate surface area is 177 Å². The van der Waals surface area contributed by atoms with E-state index in [4.69, 9.17) is 43.2 Å². The SMILES string of the molecule is CC1(Cl)[C@@H](O)[C@@H](COP(=O)(O)OP(=O)(O)OP(=O)(O)O)O[C@H]1n1ccc(=S)[nH]c1=O. The number of aliphatic hydroxyl groups is 1. The number of H-pyrrole nitrogens is 1. The highest BCUT2D eigenvalue weighted by atomic mass is 35.5. The van der Waals surface area contributed by atoms with Crippen LogP contribution < -0.4 is 5.69 Å². The van der Waals surface area contributed by atoms with Crippen molar-refractivity contribution in [2.45, 2.75) is 30.2 Å². The van der Waals surface area contributed by atoms with Gasteiger partial charge in [-0.3, -0.25) is 14.1 Å². The predicted octanol–water partition coefficient (Wildman–Crippen LogP) is 0.505. The maximum absolute atomic E-state index is 12.1. The summed E-state index contributed by atoms with van der Waals surface area (Å²) in [6.45, 7) is 0.365. The zero-order valence-corrected chi connectivity index (χ0v) is 18.9. The lowest BCUT2D eigenvalue weighted by Gasteiger charge is -2.26. The van der Waals surface area contributed by atoms with Gasteiger partial charge in [0.25, 0.3) is 0 Å². The number of rotatable bonds is 8. The molecule has 1 aromatic rings. The highest BCUT2D eigenvalue weighted by Crippen LogP contribution is 2.66. The minimum atomic E-state index is -5.70. The van der Waals surface area contributed by atoms with Gasteiger partial charge in [0, 0.05) is 6.20 Å². The lowest BCUT2D eigenvalue weighted by atomic mass is 10.0. The average Bonchev–Trinajstić information content (AvgIpc) is 2.73.